The number of hydrogen-bond donors (Lipinski definition) is 0. The SMILES string of the molecule is Cc1cccnc1Cn1nc(C#N)c2ccccc21. The van der Waals surface area contributed by atoms with Crippen LogP contribution >= 0.6 is 0 Å². The Bertz CT molecular complexity index is 780. The molecule has 1 aromatic carbocycles. The molecule has 0 saturated carbocycles. The van der Waals surface area contributed by atoms with Crippen molar-refractivity contribution in [2.75, 3.05) is 0 Å². The molecule has 19 heavy (non-hydrogen) atoms. The molecule has 0 N–H and O–H groups in total. The fourth-order valence-corrected chi connectivity index (χ4v) is 2.16. The van der Waals surface area contributed by atoms with Gasteiger partial charge in [-0.15, -0.1) is 0 Å². The minimum atomic E-state index is 0.462. The van der Waals surface area contributed by atoms with Crippen LogP contribution in [0.3, 0.4) is 0 Å². The van der Waals surface area contributed by atoms with E-state index < -0.39 is 0 Å². The van der Waals surface area contributed by atoms with Gasteiger partial charge in [0.1, 0.15) is 6.07 Å². The molecule has 3 rings (SSSR count). The zero-order chi connectivity index (χ0) is 13.2. The molecule has 0 atom stereocenters. The summed E-state index contributed by atoms with van der Waals surface area (Å²) in [5, 5.41) is 14.4. The summed E-state index contributed by atoms with van der Waals surface area (Å²) in [5.74, 6) is 0. The first-order valence-corrected chi connectivity index (χ1v) is 6.06. The number of aromatic nitrogens is 3. The van der Waals surface area contributed by atoms with Gasteiger partial charge in [-0.05, 0) is 30.7 Å². The van der Waals surface area contributed by atoms with Crippen LogP contribution in [0.25, 0.3) is 10.9 Å². The van der Waals surface area contributed by atoms with Crippen LogP contribution in [0.1, 0.15) is 17.0 Å². The Morgan fingerprint density at radius 2 is 2.05 bits per heavy atom. The number of nitriles is 1. The third-order valence-corrected chi connectivity index (χ3v) is 3.18. The Balaban J connectivity index is 2.12. The van der Waals surface area contributed by atoms with E-state index in [9.17, 15) is 0 Å². The van der Waals surface area contributed by atoms with Crippen LogP contribution < -0.4 is 0 Å². The number of rotatable bonds is 2. The largest absolute Gasteiger partial charge is 0.259 e. The number of pyridine rings is 1. The second-order valence-corrected chi connectivity index (χ2v) is 4.40. The van der Waals surface area contributed by atoms with E-state index in [-0.39, 0.29) is 0 Å². The molecule has 0 radical (unpaired) electrons. The molecule has 0 bridgehead atoms. The van der Waals surface area contributed by atoms with E-state index >= 15 is 0 Å². The summed E-state index contributed by atoms with van der Waals surface area (Å²) >= 11 is 0. The van der Waals surface area contributed by atoms with Crippen molar-refractivity contribution in [1.29, 1.82) is 5.26 Å². The highest BCUT2D eigenvalue weighted by Crippen LogP contribution is 2.19. The third-order valence-electron chi connectivity index (χ3n) is 3.18. The van der Waals surface area contributed by atoms with Gasteiger partial charge in [-0.1, -0.05) is 18.2 Å². The van der Waals surface area contributed by atoms with Crippen molar-refractivity contribution in [3.8, 4) is 6.07 Å². The summed E-state index contributed by atoms with van der Waals surface area (Å²) in [6.45, 7) is 2.61. The summed E-state index contributed by atoms with van der Waals surface area (Å²) in [7, 11) is 0. The molecule has 2 aromatic heterocycles. The number of nitrogens with zero attached hydrogens (tertiary/aromatic N) is 4. The van der Waals surface area contributed by atoms with Crippen molar-refractivity contribution in [3.63, 3.8) is 0 Å². The molecule has 92 valence electrons. The van der Waals surface area contributed by atoms with Crippen molar-refractivity contribution in [2.45, 2.75) is 13.5 Å². The van der Waals surface area contributed by atoms with Crippen LogP contribution in [0.2, 0.25) is 0 Å². The van der Waals surface area contributed by atoms with Gasteiger partial charge in [-0.25, -0.2) is 0 Å². The maximum absolute atomic E-state index is 9.13. The smallest absolute Gasteiger partial charge is 0.170 e. The first kappa shape index (κ1) is 11.4. The lowest BCUT2D eigenvalue weighted by molar-refractivity contribution is 0.689. The summed E-state index contributed by atoms with van der Waals surface area (Å²) in [6, 6.07) is 13.8. The standard InChI is InChI=1S/C15H12N4/c1-11-5-4-8-17-14(11)10-19-15-7-3-2-6-12(15)13(9-16)18-19/h2-8H,10H2,1H3. The molecule has 0 aliphatic heterocycles. The van der Waals surface area contributed by atoms with Crippen LogP contribution in [-0.4, -0.2) is 14.8 Å². The van der Waals surface area contributed by atoms with Gasteiger partial charge in [0.05, 0.1) is 17.8 Å². The highest BCUT2D eigenvalue weighted by molar-refractivity contribution is 5.84. The fraction of sp³-hybridized carbons (Fsp3) is 0.133. The van der Waals surface area contributed by atoms with E-state index in [1.807, 2.05) is 48.0 Å². The van der Waals surface area contributed by atoms with Gasteiger partial charge in [0, 0.05) is 11.6 Å². The molecule has 0 fully saturated rings. The zero-order valence-corrected chi connectivity index (χ0v) is 10.5. The fourth-order valence-electron chi connectivity index (χ4n) is 2.16. The summed E-state index contributed by atoms with van der Waals surface area (Å²) in [4.78, 5) is 4.37. The van der Waals surface area contributed by atoms with Gasteiger partial charge in [0.2, 0.25) is 0 Å². The molecule has 4 nitrogen and oxygen atoms in total. The maximum atomic E-state index is 9.13. The van der Waals surface area contributed by atoms with E-state index in [0.29, 0.717) is 12.2 Å². The van der Waals surface area contributed by atoms with Gasteiger partial charge in [0.25, 0.3) is 0 Å². The highest BCUT2D eigenvalue weighted by atomic mass is 15.3. The molecule has 4 heteroatoms. The highest BCUT2D eigenvalue weighted by Gasteiger charge is 2.10. The molecule has 0 saturated heterocycles. The lowest BCUT2D eigenvalue weighted by Crippen LogP contribution is -2.05. The van der Waals surface area contributed by atoms with Crippen molar-refractivity contribution >= 4 is 10.9 Å². The van der Waals surface area contributed by atoms with E-state index in [1.54, 1.807) is 6.20 Å². The lowest BCUT2D eigenvalue weighted by Gasteiger charge is -2.05. The van der Waals surface area contributed by atoms with Crippen molar-refractivity contribution in [1.82, 2.24) is 14.8 Å². The van der Waals surface area contributed by atoms with Gasteiger partial charge < -0.3 is 0 Å². The topological polar surface area (TPSA) is 54.5 Å². The molecule has 2 heterocycles. The molecule has 3 aromatic rings. The van der Waals surface area contributed by atoms with Gasteiger partial charge >= 0.3 is 0 Å². The predicted octanol–water partition coefficient (Wildman–Crippen LogP) is 2.66. The van der Waals surface area contributed by atoms with Crippen LogP contribution in [0.15, 0.2) is 42.6 Å². The molecule has 0 aliphatic carbocycles. The molecule has 0 unspecified atom stereocenters. The Hall–Kier alpha value is -2.67. The maximum Gasteiger partial charge on any atom is 0.170 e. The predicted molar refractivity (Wildman–Crippen MR) is 72.5 cm³/mol. The van der Waals surface area contributed by atoms with Gasteiger partial charge in [-0.2, -0.15) is 10.4 Å². The molecular weight excluding hydrogens is 236 g/mol. The van der Waals surface area contributed by atoms with E-state index in [2.05, 4.69) is 16.2 Å². The van der Waals surface area contributed by atoms with Crippen LogP contribution in [0, 0.1) is 18.3 Å². The van der Waals surface area contributed by atoms with Crippen molar-refractivity contribution < 1.29 is 0 Å². The van der Waals surface area contributed by atoms with Crippen molar-refractivity contribution in [3.05, 3.63) is 59.5 Å². The van der Waals surface area contributed by atoms with Gasteiger partial charge in [0.15, 0.2) is 5.69 Å². The van der Waals surface area contributed by atoms with E-state index in [4.69, 9.17) is 5.26 Å². The zero-order valence-electron chi connectivity index (χ0n) is 10.5. The van der Waals surface area contributed by atoms with Crippen LogP contribution in [-0.2, 0) is 6.54 Å². The Morgan fingerprint density at radius 1 is 1.21 bits per heavy atom. The van der Waals surface area contributed by atoms with Crippen molar-refractivity contribution in [2.24, 2.45) is 0 Å². The molecule has 0 aliphatic rings. The number of benzene rings is 1. The summed E-state index contributed by atoms with van der Waals surface area (Å²) < 4.78 is 1.84. The Morgan fingerprint density at radius 3 is 2.84 bits per heavy atom. The summed E-state index contributed by atoms with van der Waals surface area (Å²) in [5.41, 5.74) is 3.52. The number of aryl methyl sites for hydroxylation is 1. The quantitative estimate of drug-likeness (QED) is 0.700. The first-order valence-electron chi connectivity index (χ1n) is 6.06. The lowest BCUT2D eigenvalue weighted by atomic mass is 10.2. The summed E-state index contributed by atoms with van der Waals surface area (Å²) in [6.07, 6.45) is 1.78. The average Bonchev–Trinajstić information content (AvgIpc) is 2.80. The van der Waals surface area contributed by atoms with E-state index in [1.165, 1.54) is 0 Å². The molecular formula is C15H12N4. The molecule has 0 spiro atoms. The van der Waals surface area contributed by atoms with Crippen LogP contribution in [0.5, 0.6) is 0 Å². The first-order chi connectivity index (χ1) is 9.29. The van der Waals surface area contributed by atoms with Gasteiger partial charge in [-0.3, -0.25) is 9.67 Å². The normalized spacial score (nSPS) is 10.5. The minimum Gasteiger partial charge on any atom is -0.259 e. The number of para-hydroxylation sites is 1. The Kier molecular flexibility index (Phi) is 2.73. The third kappa shape index (κ3) is 1.95. The second kappa shape index (κ2) is 4.54. The number of fused-ring (bicyclic) bond motifs is 1. The van der Waals surface area contributed by atoms with E-state index in [0.717, 1.165) is 22.2 Å². The monoisotopic (exact) mass is 248 g/mol. The number of hydrogen-bond acceptors (Lipinski definition) is 3. The minimum absolute atomic E-state index is 0.462. The molecule has 0 amide bonds. The average molecular weight is 248 g/mol. The second-order valence-electron chi connectivity index (χ2n) is 4.40. The van der Waals surface area contributed by atoms with Crippen LogP contribution in [0.4, 0.5) is 0 Å². The Labute approximate surface area is 110 Å².